The van der Waals surface area contributed by atoms with E-state index in [2.05, 4.69) is 32.4 Å². The van der Waals surface area contributed by atoms with Gasteiger partial charge in [-0.3, -0.25) is 4.79 Å². The van der Waals surface area contributed by atoms with Gasteiger partial charge in [0.05, 0.1) is 29.9 Å². The fourth-order valence-electron chi connectivity index (χ4n) is 3.85. The third kappa shape index (κ3) is 4.07. The van der Waals surface area contributed by atoms with Crippen LogP contribution in [0.2, 0.25) is 0 Å². The highest BCUT2D eigenvalue weighted by molar-refractivity contribution is 6.06. The lowest BCUT2D eigenvalue weighted by Gasteiger charge is -2.18. The molecule has 9 nitrogen and oxygen atoms in total. The van der Waals surface area contributed by atoms with Crippen LogP contribution in [-0.4, -0.2) is 41.8 Å². The lowest BCUT2D eigenvalue weighted by molar-refractivity contribution is 0.102. The summed E-state index contributed by atoms with van der Waals surface area (Å²) in [6.07, 6.45) is 6.34. The van der Waals surface area contributed by atoms with E-state index in [1.165, 1.54) is 23.0 Å². The minimum Gasteiger partial charge on any atom is -0.493 e. The van der Waals surface area contributed by atoms with Gasteiger partial charge in [0.1, 0.15) is 23.6 Å². The summed E-state index contributed by atoms with van der Waals surface area (Å²) in [5.41, 5.74) is 1.74. The first kappa shape index (κ1) is 20.8. The van der Waals surface area contributed by atoms with Crippen molar-refractivity contribution in [2.24, 2.45) is 0 Å². The third-order valence-electron chi connectivity index (χ3n) is 5.58. The number of carbonyl (C=O) groups is 1. The molecule has 0 aliphatic carbocycles. The van der Waals surface area contributed by atoms with Crippen LogP contribution in [0, 0.1) is 12.7 Å². The number of amides is 1. The predicted molar refractivity (Wildman–Crippen MR) is 119 cm³/mol. The van der Waals surface area contributed by atoms with Gasteiger partial charge in [0.25, 0.3) is 5.91 Å². The van der Waals surface area contributed by atoms with Crippen LogP contribution in [-0.2, 0) is 0 Å². The number of aromatic nitrogens is 6. The third-order valence-corrected chi connectivity index (χ3v) is 5.58. The van der Waals surface area contributed by atoms with Crippen molar-refractivity contribution >= 4 is 11.7 Å². The largest absolute Gasteiger partial charge is 0.493 e. The van der Waals surface area contributed by atoms with E-state index in [4.69, 9.17) is 4.74 Å². The van der Waals surface area contributed by atoms with E-state index in [1.807, 2.05) is 17.6 Å². The number of hydrogen-bond donors (Lipinski definition) is 1. The van der Waals surface area contributed by atoms with Crippen molar-refractivity contribution < 1.29 is 13.9 Å². The van der Waals surface area contributed by atoms with Crippen LogP contribution in [0.5, 0.6) is 5.75 Å². The molecule has 0 radical (unpaired) electrons. The van der Waals surface area contributed by atoms with E-state index in [0.717, 1.165) is 12.1 Å². The summed E-state index contributed by atoms with van der Waals surface area (Å²) in [6, 6.07) is 8.11. The molecule has 1 aliphatic heterocycles. The smallest absolute Gasteiger partial charge is 0.260 e. The number of imidazole rings is 1. The molecule has 4 aromatic rings. The number of rotatable bonds is 1. The Hall–Kier alpha value is -4.08. The Morgan fingerprint density at radius 2 is 2.12 bits per heavy atom. The predicted octanol–water partition coefficient (Wildman–Crippen LogP) is 3.96. The summed E-state index contributed by atoms with van der Waals surface area (Å²) in [4.78, 5) is 21.9. The van der Waals surface area contributed by atoms with Gasteiger partial charge in [0.15, 0.2) is 11.6 Å². The summed E-state index contributed by atoms with van der Waals surface area (Å²) in [6.45, 7) is 4.20. The molecule has 1 aliphatic rings. The number of hydrogen-bond acceptors (Lipinski definition) is 6. The van der Waals surface area contributed by atoms with Crippen molar-refractivity contribution in [1.82, 2.24) is 29.3 Å². The van der Waals surface area contributed by atoms with Crippen LogP contribution in [0.25, 0.3) is 17.2 Å². The second-order valence-electron chi connectivity index (χ2n) is 7.99. The van der Waals surface area contributed by atoms with Gasteiger partial charge in [-0.15, -0.1) is 10.2 Å². The first-order valence-electron chi connectivity index (χ1n) is 10.6. The molecule has 4 heterocycles. The number of aryl methyl sites for hydroxylation is 1. The van der Waals surface area contributed by atoms with Crippen LogP contribution >= 0.6 is 0 Å². The van der Waals surface area contributed by atoms with Crippen LogP contribution in [0.3, 0.4) is 0 Å². The topological polar surface area (TPSA) is 99.8 Å². The first-order valence-corrected chi connectivity index (χ1v) is 10.6. The fraction of sp³-hybridized carbons (Fsp3) is 0.261. The van der Waals surface area contributed by atoms with Gasteiger partial charge in [0, 0.05) is 18.3 Å². The number of benzene rings is 1. The van der Waals surface area contributed by atoms with Gasteiger partial charge in [-0.1, -0.05) is 6.07 Å². The molecule has 1 amide bonds. The maximum absolute atomic E-state index is 15.0. The Kier molecular flexibility index (Phi) is 5.33. The number of fused-ring (bicyclic) bond motifs is 5. The van der Waals surface area contributed by atoms with E-state index in [-0.39, 0.29) is 23.0 Å². The number of nitrogens with zero attached hydrogens (tertiary/aromatic N) is 6. The van der Waals surface area contributed by atoms with Crippen LogP contribution in [0.15, 0.2) is 49.2 Å². The molecular weight excluding hydrogens is 425 g/mol. The number of pyridine rings is 1. The maximum atomic E-state index is 15.0. The van der Waals surface area contributed by atoms with Crippen molar-refractivity contribution in [1.29, 1.82) is 0 Å². The summed E-state index contributed by atoms with van der Waals surface area (Å²) in [7, 11) is 0. The fourth-order valence-corrected chi connectivity index (χ4v) is 3.85. The van der Waals surface area contributed by atoms with E-state index >= 15 is 0 Å². The monoisotopic (exact) mass is 447 g/mol. The molecule has 1 aromatic carbocycles. The Labute approximate surface area is 189 Å². The highest BCUT2D eigenvalue weighted by Crippen LogP contribution is 2.29. The lowest BCUT2D eigenvalue weighted by atomic mass is 10.1. The molecule has 0 saturated carbocycles. The van der Waals surface area contributed by atoms with Gasteiger partial charge in [-0.2, -0.15) is 0 Å². The standard InChI is InChI=1S/C23H22FN7O2/c1-14-11-30(12-25-14)19-9-16-20(10-17(19)24)33-8-4-5-15(2)31-13-26-29-22(31)18-6-3-7-21(27-18)28-23(16)32/h3,6-7,9-13,15H,4-5,8H2,1-2H3,(H,27,28,32)/t15-/m0/s1. The van der Waals surface area contributed by atoms with Crippen LogP contribution < -0.4 is 10.1 Å². The summed E-state index contributed by atoms with van der Waals surface area (Å²) < 4.78 is 24.3. The molecule has 0 unspecified atom stereocenters. The highest BCUT2D eigenvalue weighted by Gasteiger charge is 2.21. The highest BCUT2D eigenvalue weighted by atomic mass is 19.1. The van der Waals surface area contributed by atoms with Gasteiger partial charge < -0.3 is 19.2 Å². The molecular formula is C23H22FN7O2. The van der Waals surface area contributed by atoms with Crippen LogP contribution in [0.1, 0.15) is 41.9 Å². The zero-order valence-corrected chi connectivity index (χ0v) is 18.2. The second kappa shape index (κ2) is 8.45. The SMILES string of the molecule is Cc1cn(-c2cc3c(cc2F)OCCC[C@H](C)n2cnnc2-c2cccc(n2)NC3=O)cn1. The zero-order chi connectivity index (χ0) is 22.9. The number of nitrogens with one attached hydrogen (secondary N) is 1. The number of carbonyl (C=O) groups excluding carboxylic acids is 1. The van der Waals surface area contributed by atoms with Crippen molar-refractivity contribution in [2.45, 2.75) is 32.7 Å². The maximum Gasteiger partial charge on any atom is 0.260 e. The average molecular weight is 447 g/mol. The van der Waals surface area contributed by atoms with Gasteiger partial charge in [-0.25, -0.2) is 14.4 Å². The summed E-state index contributed by atoms with van der Waals surface area (Å²) in [5.74, 6) is 0.169. The Morgan fingerprint density at radius 3 is 2.94 bits per heavy atom. The minimum atomic E-state index is -0.511. The number of halogens is 1. The van der Waals surface area contributed by atoms with Gasteiger partial charge in [0.2, 0.25) is 0 Å². The molecule has 0 fully saturated rings. The zero-order valence-electron chi connectivity index (χ0n) is 18.2. The van der Waals surface area contributed by atoms with Crippen molar-refractivity contribution in [3.63, 3.8) is 0 Å². The Balaban J connectivity index is 1.58. The van der Waals surface area contributed by atoms with E-state index in [1.54, 1.807) is 24.7 Å². The van der Waals surface area contributed by atoms with Crippen molar-refractivity contribution in [3.05, 3.63) is 66.3 Å². The van der Waals surface area contributed by atoms with Gasteiger partial charge in [-0.05, 0) is 44.9 Å². The molecule has 3 aromatic heterocycles. The lowest BCUT2D eigenvalue weighted by Crippen LogP contribution is -2.17. The van der Waals surface area contributed by atoms with Crippen molar-refractivity contribution in [3.8, 4) is 23.0 Å². The summed E-state index contributed by atoms with van der Waals surface area (Å²) in [5, 5.41) is 11.1. The number of anilines is 1. The van der Waals surface area contributed by atoms with Crippen molar-refractivity contribution in [2.75, 3.05) is 11.9 Å². The molecule has 33 heavy (non-hydrogen) atoms. The minimum absolute atomic E-state index is 0.102. The molecule has 1 atom stereocenters. The van der Waals surface area contributed by atoms with E-state index in [9.17, 15) is 9.18 Å². The Morgan fingerprint density at radius 1 is 1.24 bits per heavy atom. The first-order chi connectivity index (χ1) is 16.0. The molecule has 5 rings (SSSR count). The molecule has 168 valence electrons. The average Bonchev–Trinajstić information content (AvgIpc) is 3.45. The molecule has 10 heteroatoms. The second-order valence-corrected chi connectivity index (χ2v) is 7.99. The quantitative estimate of drug-likeness (QED) is 0.474. The van der Waals surface area contributed by atoms with Gasteiger partial charge >= 0.3 is 0 Å². The van der Waals surface area contributed by atoms with E-state index < -0.39 is 11.7 Å². The molecule has 0 saturated heterocycles. The summed E-state index contributed by atoms with van der Waals surface area (Å²) >= 11 is 0. The van der Waals surface area contributed by atoms with E-state index in [0.29, 0.717) is 30.4 Å². The Bertz CT molecular complexity index is 1330. The van der Waals surface area contributed by atoms with Crippen LogP contribution in [0.4, 0.5) is 10.2 Å². The molecule has 0 spiro atoms. The normalized spacial score (nSPS) is 16.2. The number of ether oxygens (including phenoxy) is 1. The molecule has 2 bridgehead atoms. The molecule has 1 N–H and O–H groups in total.